The zero-order valence-electron chi connectivity index (χ0n) is 19.8. The van der Waals surface area contributed by atoms with E-state index in [1.807, 2.05) is 4.90 Å². The summed E-state index contributed by atoms with van der Waals surface area (Å²) in [4.78, 5) is 1.85. The smallest absolute Gasteiger partial charge is 0.369 e. The van der Waals surface area contributed by atoms with Gasteiger partial charge in [-0.3, -0.25) is 5.01 Å². The number of anilines is 2. The molecule has 1 N–H and O–H groups in total. The Labute approximate surface area is 219 Å². The number of piperazine rings is 1. The van der Waals surface area contributed by atoms with Gasteiger partial charge in [0.1, 0.15) is 0 Å². The fourth-order valence-electron chi connectivity index (χ4n) is 4.55. The molecule has 1 atom stereocenters. The van der Waals surface area contributed by atoms with Gasteiger partial charge in [0.15, 0.2) is 0 Å². The first-order chi connectivity index (χ1) is 17.5. The fraction of sp³-hybridized carbons (Fsp3) is 0.435. The summed E-state index contributed by atoms with van der Waals surface area (Å²) in [5.74, 6) is 0. The summed E-state index contributed by atoms with van der Waals surface area (Å²) < 4.78 is 107. The maximum Gasteiger partial charge on any atom is 0.431 e. The van der Waals surface area contributed by atoms with Crippen molar-refractivity contribution in [3.05, 3.63) is 59.1 Å². The lowest BCUT2D eigenvalue weighted by molar-refractivity contribution is -0.338. The van der Waals surface area contributed by atoms with Gasteiger partial charge in [-0.1, -0.05) is 35.9 Å². The van der Waals surface area contributed by atoms with E-state index in [9.17, 15) is 39.9 Å². The van der Waals surface area contributed by atoms with E-state index in [4.69, 9.17) is 11.6 Å². The van der Waals surface area contributed by atoms with E-state index < -0.39 is 46.2 Å². The van der Waals surface area contributed by atoms with Crippen molar-refractivity contribution in [1.82, 2.24) is 4.31 Å². The molecule has 2 heterocycles. The topological polar surface area (TPSA) is 76.5 Å². The van der Waals surface area contributed by atoms with Crippen LogP contribution in [0.5, 0.6) is 0 Å². The van der Waals surface area contributed by atoms with Gasteiger partial charge in [0, 0.05) is 43.3 Å². The monoisotopic (exact) mass is 584 g/mol. The third-order valence-electron chi connectivity index (χ3n) is 6.58. The molecule has 7 nitrogen and oxygen atoms in total. The van der Waals surface area contributed by atoms with Crippen LogP contribution in [0, 0.1) is 0 Å². The molecule has 38 heavy (non-hydrogen) atoms. The lowest BCUT2D eigenvalue weighted by Crippen LogP contribution is -2.62. The van der Waals surface area contributed by atoms with Crippen LogP contribution in [-0.4, -0.2) is 73.9 Å². The number of hydrogen-bond acceptors (Lipinski definition) is 6. The van der Waals surface area contributed by atoms with Crippen LogP contribution in [0.4, 0.5) is 37.7 Å². The van der Waals surface area contributed by atoms with Crippen LogP contribution in [0.15, 0.2) is 53.6 Å². The van der Waals surface area contributed by atoms with Gasteiger partial charge < -0.3 is 10.0 Å². The highest BCUT2D eigenvalue weighted by Gasteiger charge is 2.74. The Bertz CT molecular complexity index is 1310. The molecule has 2 aliphatic heterocycles. The van der Waals surface area contributed by atoms with Gasteiger partial charge in [0.2, 0.25) is 10.0 Å². The van der Waals surface area contributed by atoms with E-state index in [1.165, 1.54) is 34.6 Å². The van der Waals surface area contributed by atoms with Gasteiger partial charge in [-0.15, -0.1) is 0 Å². The molecule has 1 unspecified atom stereocenters. The number of hydrogen-bond donors (Lipinski definition) is 1. The van der Waals surface area contributed by atoms with Crippen molar-refractivity contribution in [3.63, 3.8) is 0 Å². The lowest BCUT2D eigenvalue weighted by Gasteiger charge is -2.35. The first kappa shape index (κ1) is 28.5. The van der Waals surface area contributed by atoms with Crippen molar-refractivity contribution < 1.29 is 39.9 Å². The predicted molar refractivity (Wildman–Crippen MR) is 131 cm³/mol. The summed E-state index contributed by atoms with van der Waals surface area (Å²) in [6.45, 7) is 1.06. The second-order valence-corrected chi connectivity index (χ2v) is 11.4. The predicted octanol–water partition coefficient (Wildman–Crippen LogP) is 4.58. The van der Waals surface area contributed by atoms with Gasteiger partial charge in [0.25, 0.3) is 5.60 Å². The Hall–Kier alpha value is -2.55. The molecule has 0 radical (unpaired) electrons. The van der Waals surface area contributed by atoms with E-state index in [0.29, 0.717) is 18.8 Å². The normalized spacial score (nSPS) is 20.1. The van der Waals surface area contributed by atoms with Gasteiger partial charge in [-0.05, 0) is 29.8 Å². The number of benzene rings is 2. The van der Waals surface area contributed by atoms with E-state index in [2.05, 4.69) is 5.10 Å². The molecule has 0 amide bonds. The van der Waals surface area contributed by atoms with E-state index in [-0.39, 0.29) is 29.4 Å². The third-order valence-corrected chi connectivity index (χ3v) is 8.23. The first-order valence-electron chi connectivity index (χ1n) is 11.3. The highest BCUT2D eigenvalue weighted by atomic mass is 35.5. The second-order valence-electron chi connectivity index (χ2n) is 9.01. The number of halogens is 7. The quantitative estimate of drug-likeness (QED) is 0.521. The molecule has 1 saturated heterocycles. The molecule has 2 aromatic carbocycles. The molecule has 0 saturated carbocycles. The van der Waals surface area contributed by atoms with Crippen LogP contribution in [-0.2, 0) is 10.0 Å². The molecule has 0 spiro atoms. The van der Waals surface area contributed by atoms with E-state index in [1.54, 1.807) is 18.2 Å². The molecule has 0 aliphatic carbocycles. The number of hydrazone groups is 1. The maximum absolute atomic E-state index is 13.7. The highest BCUT2D eigenvalue weighted by molar-refractivity contribution is 7.88. The van der Waals surface area contributed by atoms with Gasteiger partial charge in [-0.25, -0.2) is 8.42 Å². The largest absolute Gasteiger partial charge is 0.431 e. The summed E-state index contributed by atoms with van der Waals surface area (Å²) in [5, 5.41) is 14.8. The molecular formula is C23H23ClF6N4O3S. The summed E-state index contributed by atoms with van der Waals surface area (Å²) in [6, 6.07) is 11.1. The molecule has 2 aromatic rings. The number of aliphatic hydroxyl groups is 1. The lowest BCUT2D eigenvalue weighted by atomic mass is 9.90. The van der Waals surface area contributed by atoms with Crippen molar-refractivity contribution in [1.29, 1.82) is 0 Å². The molecule has 208 valence electrons. The summed E-state index contributed by atoms with van der Waals surface area (Å²) in [6.07, 6.45) is -11.9. The SMILES string of the molecule is CS(=O)(=O)N1CCN(c2cccc(N3N=C(C(O)(C(F)(F)F)C(F)(F)F)CC3c3ccccc3Cl)c2)CC1. The summed E-state index contributed by atoms with van der Waals surface area (Å²) in [5.41, 5.74) is -5.70. The molecule has 4 rings (SSSR count). The molecule has 0 aromatic heterocycles. The van der Waals surface area contributed by atoms with Crippen LogP contribution in [0.1, 0.15) is 18.0 Å². The average Bonchev–Trinajstić information content (AvgIpc) is 3.27. The average molecular weight is 585 g/mol. The summed E-state index contributed by atoms with van der Waals surface area (Å²) >= 11 is 6.26. The van der Waals surface area contributed by atoms with Crippen LogP contribution >= 0.6 is 11.6 Å². The minimum Gasteiger partial charge on any atom is -0.369 e. The van der Waals surface area contributed by atoms with Crippen LogP contribution in [0.2, 0.25) is 5.02 Å². The Morgan fingerprint density at radius 1 is 0.921 bits per heavy atom. The Balaban J connectivity index is 1.75. The highest BCUT2D eigenvalue weighted by Crippen LogP contribution is 2.49. The van der Waals surface area contributed by atoms with Crippen molar-refractivity contribution in [2.75, 3.05) is 42.3 Å². The van der Waals surface area contributed by atoms with Gasteiger partial charge in [0.05, 0.1) is 23.7 Å². The van der Waals surface area contributed by atoms with Crippen molar-refractivity contribution in [3.8, 4) is 0 Å². The molecule has 0 bridgehead atoms. The minimum atomic E-state index is -6.08. The summed E-state index contributed by atoms with van der Waals surface area (Å²) in [7, 11) is -3.38. The third kappa shape index (κ3) is 5.18. The molecular weight excluding hydrogens is 562 g/mol. The molecule has 1 fully saturated rings. The zero-order valence-corrected chi connectivity index (χ0v) is 21.4. The zero-order chi connectivity index (χ0) is 28.1. The first-order valence-corrected chi connectivity index (χ1v) is 13.5. The number of sulfonamides is 1. The van der Waals surface area contributed by atoms with Crippen LogP contribution < -0.4 is 9.91 Å². The van der Waals surface area contributed by atoms with Gasteiger partial charge in [-0.2, -0.15) is 35.7 Å². The van der Waals surface area contributed by atoms with Crippen LogP contribution in [0.3, 0.4) is 0 Å². The number of nitrogens with zero attached hydrogens (tertiary/aromatic N) is 4. The Morgan fingerprint density at radius 3 is 2.05 bits per heavy atom. The van der Waals surface area contributed by atoms with Crippen molar-refractivity contribution >= 4 is 38.7 Å². The molecule has 2 aliphatic rings. The number of alkyl halides is 6. The fourth-order valence-corrected chi connectivity index (χ4v) is 5.64. The van der Waals surface area contributed by atoms with E-state index >= 15 is 0 Å². The van der Waals surface area contributed by atoms with Gasteiger partial charge >= 0.3 is 12.4 Å². The molecule has 15 heteroatoms. The van der Waals surface area contributed by atoms with Crippen LogP contribution in [0.25, 0.3) is 0 Å². The number of rotatable bonds is 5. The Kier molecular flexibility index (Phi) is 7.40. The van der Waals surface area contributed by atoms with E-state index in [0.717, 1.165) is 11.3 Å². The standard InChI is InChI=1S/C23H23ClF6N4O3S/c1-38(36,37)33-11-9-32(10-12-33)15-5-4-6-16(13-15)34-19(17-7-2-3-8-18(17)24)14-20(31-34)21(35,22(25,26)27)23(28,29)30/h2-8,13,19,35H,9-12,14H2,1H3. The Morgan fingerprint density at radius 2 is 1.50 bits per heavy atom. The minimum absolute atomic E-state index is 0.106. The van der Waals surface area contributed by atoms with Crippen molar-refractivity contribution in [2.45, 2.75) is 30.4 Å². The second kappa shape index (κ2) is 9.88. The van der Waals surface area contributed by atoms with Crippen molar-refractivity contribution in [2.24, 2.45) is 5.10 Å². The maximum atomic E-state index is 13.7.